The highest BCUT2D eigenvalue weighted by atomic mass is 32.2. The lowest BCUT2D eigenvalue weighted by Gasteiger charge is -2.26. The van der Waals surface area contributed by atoms with E-state index in [2.05, 4.69) is 14.9 Å². The molecular formula is C17H29N3O3S2. The van der Waals surface area contributed by atoms with Crippen LogP contribution in [-0.4, -0.2) is 51.4 Å². The van der Waals surface area contributed by atoms with E-state index in [1.165, 1.54) is 19.3 Å². The van der Waals surface area contributed by atoms with Crippen molar-refractivity contribution in [2.45, 2.75) is 49.8 Å². The molecule has 0 saturated carbocycles. The Bertz CT molecular complexity index is 624. The summed E-state index contributed by atoms with van der Waals surface area (Å²) in [6, 6.07) is 2.47. The molecule has 1 aliphatic rings. The fraction of sp³-hybridized carbons (Fsp3) is 0.706. The lowest BCUT2D eigenvalue weighted by molar-refractivity contribution is -0.123. The first-order valence-electron chi connectivity index (χ1n) is 8.96. The minimum Gasteiger partial charge on any atom is -0.355 e. The van der Waals surface area contributed by atoms with Gasteiger partial charge in [-0.25, -0.2) is 8.42 Å². The summed E-state index contributed by atoms with van der Waals surface area (Å²) in [5.41, 5.74) is 0. The molecule has 0 spiro atoms. The summed E-state index contributed by atoms with van der Waals surface area (Å²) in [6.45, 7) is 7.52. The standard InChI is InChI=1S/C17H29N3O3S2/c1-14(2)16(19-25(22,23)15-8-6-13-24-15)17(21)18-9-7-12-20-10-4-3-5-11-20/h6,8,13-14,16,19H,3-5,7,9-12H2,1-2H3,(H,18,21)/t16-/m1/s1. The van der Waals surface area contributed by atoms with Crippen molar-refractivity contribution in [1.29, 1.82) is 0 Å². The van der Waals surface area contributed by atoms with Gasteiger partial charge in [0.2, 0.25) is 5.91 Å². The summed E-state index contributed by atoms with van der Waals surface area (Å²) in [5, 5.41) is 4.59. The van der Waals surface area contributed by atoms with Crippen molar-refractivity contribution in [3.63, 3.8) is 0 Å². The van der Waals surface area contributed by atoms with E-state index in [-0.39, 0.29) is 16.0 Å². The molecule has 6 nitrogen and oxygen atoms in total. The van der Waals surface area contributed by atoms with Gasteiger partial charge in [0.05, 0.1) is 0 Å². The normalized spacial score (nSPS) is 17.6. The molecule has 142 valence electrons. The zero-order valence-electron chi connectivity index (χ0n) is 15.0. The maximum Gasteiger partial charge on any atom is 0.250 e. The van der Waals surface area contributed by atoms with E-state index < -0.39 is 16.1 Å². The van der Waals surface area contributed by atoms with Gasteiger partial charge in [0, 0.05) is 6.54 Å². The van der Waals surface area contributed by atoms with Crippen molar-refractivity contribution < 1.29 is 13.2 Å². The van der Waals surface area contributed by atoms with Crippen molar-refractivity contribution in [2.75, 3.05) is 26.2 Å². The van der Waals surface area contributed by atoms with Crippen LogP contribution in [0, 0.1) is 5.92 Å². The molecule has 8 heteroatoms. The average molecular weight is 388 g/mol. The van der Waals surface area contributed by atoms with Gasteiger partial charge in [0.15, 0.2) is 0 Å². The molecule has 2 heterocycles. The van der Waals surface area contributed by atoms with Gasteiger partial charge in [-0.2, -0.15) is 4.72 Å². The van der Waals surface area contributed by atoms with Crippen molar-refractivity contribution in [3.8, 4) is 0 Å². The van der Waals surface area contributed by atoms with Crippen molar-refractivity contribution in [1.82, 2.24) is 14.9 Å². The number of piperidine rings is 1. The minimum absolute atomic E-state index is 0.128. The van der Waals surface area contributed by atoms with Crippen LogP contribution in [0.3, 0.4) is 0 Å². The summed E-state index contributed by atoms with van der Waals surface area (Å²) in [4.78, 5) is 14.9. The van der Waals surface area contributed by atoms with Crippen LogP contribution in [-0.2, 0) is 14.8 Å². The number of carbonyl (C=O) groups is 1. The predicted octanol–water partition coefficient (Wildman–Crippen LogP) is 2.04. The number of amides is 1. The van der Waals surface area contributed by atoms with Gasteiger partial charge < -0.3 is 10.2 Å². The Balaban J connectivity index is 1.81. The second-order valence-electron chi connectivity index (χ2n) is 6.82. The van der Waals surface area contributed by atoms with Crippen LogP contribution in [0.25, 0.3) is 0 Å². The number of sulfonamides is 1. The number of likely N-dealkylation sites (tertiary alicyclic amines) is 1. The molecule has 0 aromatic carbocycles. The third-order valence-electron chi connectivity index (χ3n) is 4.39. The SMILES string of the molecule is CC(C)[C@@H](NS(=O)(=O)c1cccs1)C(=O)NCCCN1CCCCC1. The van der Waals surface area contributed by atoms with Gasteiger partial charge in [0.25, 0.3) is 10.0 Å². The Morgan fingerprint density at radius 3 is 2.60 bits per heavy atom. The summed E-state index contributed by atoms with van der Waals surface area (Å²) in [6.07, 6.45) is 4.71. The van der Waals surface area contributed by atoms with E-state index in [0.717, 1.165) is 37.4 Å². The van der Waals surface area contributed by atoms with E-state index in [9.17, 15) is 13.2 Å². The van der Waals surface area contributed by atoms with Gasteiger partial charge in [-0.3, -0.25) is 4.79 Å². The Labute approximate surface area is 155 Å². The molecule has 1 atom stereocenters. The number of carbonyl (C=O) groups excluding carboxylic acids is 1. The molecule has 0 radical (unpaired) electrons. The Hall–Kier alpha value is -0.960. The molecule has 2 rings (SSSR count). The highest BCUT2D eigenvalue weighted by Gasteiger charge is 2.28. The molecule has 0 bridgehead atoms. The molecular weight excluding hydrogens is 358 g/mol. The number of hydrogen-bond acceptors (Lipinski definition) is 5. The lowest BCUT2D eigenvalue weighted by Crippen LogP contribution is -2.49. The predicted molar refractivity (Wildman–Crippen MR) is 101 cm³/mol. The number of thiophene rings is 1. The molecule has 1 amide bonds. The fourth-order valence-corrected chi connectivity index (χ4v) is 5.29. The van der Waals surface area contributed by atoms with Crippen molar-refractivity contribution in [3.05, 3.63) is 17.5 Å². The largest absolute Gasteiger partial charge is 0.355 e. The number of rotatable bonds is 9. The number of hydrogen-bond donors (Lipinski definition) is 2. The smallest absolute Gasteiger partial charge is 0.250 e. The molecule has 1 aromatic rings. The zero-order chi connectivity index (χ0) is 18.3. The maximum absolute atomic E-state index is 12.4. The topological polar surface area (TPSA) is 78.5 Å². The quantitative estimate of drug-likeness (QED) is 0.636. The van der Waals surface area contributed by atoms with Crippen LogP contribution in [0.1, 0.15) is 39.5 Å². The van der Waals surface area contributed by atoms with Crippen LogP contribution >= 0.6 is 11.3 Å². The van der Waals surface area contributed by atoms with Gasteiger partial charge in [-0.1, -0.05) is 26.3 Å². The number of nitrogens with zero attached hydrogens (tertiary/aromatic N) is 1. The molecule has 2 N–H and O–H groups in total. The molecule has 1 aromatic heterocycles. The van der Waals surface area contributed by atoms with E-state index in [1.807, 2.05) is 13.8 Å². The highest BCUT2D eigenvalue weighted by Crippen LogP contribution is 2.17. The van der Waals surface area contributed by atoms with Crippen molar-refractivity contribution in [2.24, 2.45) is 5.92 Å². The van der Waals surface area contributed by atoms with E-state index in [0.29, 0.717) is 6.54 Å². The summed E-state index contributed by atoms with van der Waals surface area (Å²) < 4.78 is 27.5. The summed E-state index contributed by atoms with van der Waals surface area (Å²) in [7, 11) is -3.65. The molecule has 1 saturated heterocycles. The van der Waals surface area contributed by atoms with Crippen LogP contribution in [0.2, 0.25) is 0 Å². The van der Waals surface area contributed by atoms with Crippen LogP contribution in [0.15, 0.2) is 21.7 Å². The van der Waals surface area contributed by atoms with Gasteiger partial charge in [0.1, 0.15) is 10.3 Å². The second-order valence-corrected chi connectivity index (χ2v) is 9.71. The average Bonchev–Trinajstić information content (AvgIpc) is 3.13. The Morgan fingerprint density at radius 2 is 2.00 bits per heavy atom. The third kappa shape index (κ3) is 6.36. The minimum atomic E-state index is -3.65. The van der Waals surface area contributed by atoms with Crippen molar-refractivity contribution >= 4 is 27.3 Å². The third-order valence-corrected chi connectivity index (χ3v) is 7.23. The molecule has 1 fully saturated rings. The second kappa shape index (κ2) is 9.66. The first kappa shape index (κ1) is 20.4. The Kier molecular flexibility index (Phi) is 7.86. The van der Waals surface area contributed by atoms with Gasteiger partial charge in [-0.05, 0) is 56.3 Å². The van der Waals surface area contributed by atoms with Crippen LogP contribution in [0.5, 0.6) is 0 Å². The first-order chi connectivity index (χ1) is 11.9. The Morgan fingerprint density at radius 1 is 1.28 bits per heavy atom. The highest BCUT2D eigenvalue weighted by molar-refractivity contribution is 7.91. The van der Waals surface area contributed by atoms with Crippen LogP contribution < -0.4 is 10.0 Å². The zero-order valence-corrected chi connectivity index (χ0v) is 16.7. The monoisotopic (exact) mass is 387 g/mol. The summed E-state index contributed by atoms with van der Waals surface area (Å²) >= 11 is 1.14. The van der Waals surface area contributed by atoms with E-state index in [4.69, 9.17) is 0 Å². The fourth-order valence-electron chi connectivity index (χ4n) is 2.94. The van der Waals surface area contributed by atoms with Crippen LogP contribution in [0.4, 0.5) is 0 Å². The van der Waals surface area contributed by atoms with Gasteiger partial charge >= 0.3 is 0 Å². The molecule has 25 heavy (non-hydrogen) atoms. The molecule has 0 aliphatic carbocycles. The number of nitrogens with one attached hydrogen (secondary N) is 2. The first-order valence-corrected chi connectivity index (χ1v) is 11.3. The molecule has 1 aliphatic heterocycles. The van der Waals surface area contributed by atoms with Gasteiger partial charge in [-0.15, -0.1) is 11.3 Å². The lowest BCUT2D eigenvalue weighted by atomic mass is 10.1. The van der Waals surface area contributed by atoms with E-state index >= 15 is 0 Å². The molecule has 0 unspecified atom stereocenters. The van der Waals surface area contributed by atoms with E-state index in [1.54, 1.807) is 17.5 Å². The summed E-state index contributed by atoms with van der Waals surface area (Å²) in [5.74, 6) is -0.384. The maximum atomic E-state index is 12.4.